The lowest BCUT2D eigenvalue weighted by atomic mass is 9.93. The molecule has 4 rings (SSSR count). The largest absolute Gasteiger partial charge is 0.463 e. The van der Waals surface area contributed by atoms with Crippen LogP contribution in [-0.4, -0.2) is 78.5 Å². The van der Waals surface area contributed by atoms with Crippen molar-refractivity contribution in [3.63, 3.8) is 0 Å². The van der Waals surface area contributed by atoms with E-state index in [-0.39, 0.29) is 30.4 Å². The predicted molar refractivity (Wildman–Crippen MR) is 137 cm³/mol. The van der Waals surface area contributed by atoms with Crippen LogP contribution in [0.15, 0.2) is 59.8 Å². The fourth-order valence-electron chi connectivity index (χ4n) is 4.86. The second-order valence-corrected chi connectivity index (χ2v) is 9.52. The van der Waals surface area contributed by atoms with E-state index in [4.69, 9.17) is 4.74 Å². The number of piperazine rings is 1. The average Bonchev–Trinajstić information content (AvgIpc) is 2.87. The van der Waals surface area contributed by atoms with Crippen LogP contribution in [-0.2, 0) is 9.53 Å². The smallest absolute Gasteiger partial charge is 0.338 e. The van der Waals surface area contributed by atoms with Crippen LogP contribution in [0.4, 0.5) is 9.18 Å². The summed E-state index contributed by atoms with van der Waals surface area (Å²) in [6.07, 6.45) is 0. The summed E-state index contributed by atoms with van der Waals surface area (Å²) in [5, 5.41) is 2.94. The number of benzene rings is 2. The van der Waals surface area contributed by atoms with Crippen molar-refractivity contribution in [2.45, 2.75) is 32.9 Å². The van der Waals surface area contributed by atoms with Crippen LogP contribution in [0.25, 0.3) is 0 Å². The Morgan fingerprint density at radius 2 is 1.76 bits per heavy atom. The van der Waals surface area contributed by atoms with Gasteiger partial charge in [-0.1, -0.05) is 29.8 Å². The van der Waals surface area contributed by atoms with Gasteiger partial charge < -0.3 is 15.0 Å². The maximum atomic E-state index is 13.3. The summed E-state index contributed by atoms with van der Waals surface area (Å²) in [5.74, 6) is -0.995. The Bertz CT molecular complexity index is 1200. The molecule has 196 valence electrons. The molecule has 0 radical (unpaired) electrons. The zero-order chi connectivity index (χ0) is 26.7. The van der Waals surface area contributed by atoms with Gasteiger partial charge in [0.05, 0.1) is 18.2 Å². The number of amides is 3. The summed E-state index contributed by atoms with van der Waals surface area (Å²) in [6, 6.07) is 12.2. The number of nitrogens with zero attached hydrogens (tertiary/aromatic N) is 3. The van der Waals surface area contributed by atoms with E-state index in [1.165, 1.54) is 29.2 Å². The molecule has 2 heterocycles. The first-order valence-electron chi connectivity index (χ1n) is 12.5. The van der Waals surface area contributed by atoms with Gasteiger partial charge in [0.25, 0.3) is 5.91 Å². The molecule has 2 aromatic carbocycles. The molecule has 0 unspecified atom stereocenters. The second kappa shape index (κ2) is 11.1. The zero-order valence-corrected chi connectivity index (χ0v) is 21.7. The third-order valence-corrected chi connectivity index (χ3v) is 6.92. The molecular weight excluding hydrogens is 475 g/mol. The molecule has 0 bridgehead atoms. The number of halogens is 1. The standard InChI is InChI=1S/C28H33FN4O4/c1-5-37-27(35)24-23(31(4)28(36)30-25(24)20-8-6-18(2)7-9-20)17-32-14-15-33(19(3)16-32)26(34)21-10-12-22(29)13-11-21/h6-13,19,25H,5,14-17H2,1-4H3,(H,30,36)/t19-,25+/m0/s1. The van der Waals surface area contributed by atoms with Crippen LogP contribution in [0.2, 0.25) is 0 Å². The molecule has 2 atom stereocenters. The molecule has 0 aliphatic carbocycles. The zero-order valence-electron chi connectivity index (χ0n) is 21.7. The molecule has 1 saturated heterocycles. The first kappa shape index (κ1) is 26.3. The summed E-state index contributed by atoms with van der Waals surface area (Å²) in [5.41, 5.74) is 3.31. The molecule has 8 nitrogen and oxygen atoms in total. The number of likely N-dealkylation sites (N-methyl/N-ethyl adjacent to an activating group) is 1. The highest BCUT2D eigenvalue weighted by molar-refractivity contribution is 5.95. The Morgan fingerprint density at radius 3 is 2.38 bits per heavy atom. The number of hydrogen-bond acceptors (Lipinski definition) is 5. The number of nitrogens with one attached hydrogen (secondary N) is 1. The van der Waals surface area contributed by atoms with Gasteiger partial charge in [-0.05, 0) is 50.6 Å². The molecule has 2 aliphatic rings. The fourth-order valence-corrected chi connectivity index (χ4v) is 4.86. The van der Waals surface area contributed by atoms with E-state index in [0.29, 0.717) is 43.0 Å². The third kappa shape index (κ3) is 5.67. The van der Waals surface area contributed by atoms with Gasteiger partial charge in [-0.3, -0.25) is 14.6 Å². The van der Waals surface area contributed by atoms with Gasteiger partial charge in [0.2, 0.25) is 0 Å². The van der Waals surface area contributed by atoms with E-state index in [2.05, 4.69) is 10.2 Å². The SMILES string of the molecule is CCOC(=O)C1=C(CN2CCN(C(=O)c3ccc(F)cc3)[C@@H](C)C2)N(C)C(=O)N[C@@H]1c1ccc(C)cc1. The molecule has 1 N–H and O–H groups in total. The monoisotopic (exact) mass is 508 g/mol. The molecule has 0 saturated carbocycles. The van der Waals surface area contributed by atoms with E-state index < -0.39 is 12.0 Å². The van der Waals surface area contributed by atoms with Gasteiger partial charge in [0, 0.05) is 50.5 Å². The molecule has 1 fully saturated rings. The van der Waals surface area contributed by atoms with Gasteiger partial charge in [0.15, 0.2) is 0 Å². The molecule has 2 aliphatic heterocycles. The van der Waals surface area contributed by atoms with Gasteiger partial charge in [0.1, 0.15) is 5.82 Å². The Balaban J connectivity index is 1.59. The van der Waals surface area contributed by atoms with E-state index in [9.17, 15) is 18.8 Å². The van der Waals surface area contributed by atoms with Crippen molar-refractivity contribution in [3.8, 4) is 0 Å². The van der Waals surface area contributed by atoms with E-state index in [1.54, 1.807) is 18.9 Å². The van der Waals surface area contributed by atoms with Gasteiger partial charge in [-0.25, -0.2) is 14.0 Å². The van der Waals surface area contributed by atoms with Crippen LogP contribution in [0.3, 0.4) is 0 Å². The highest BCUT2D eigenvalue weighted by atomic mass is 19.1. The maximum Gasteiger partial charge on any atom is 0.338 e. The van der Waals surface area contributed by atoms with Crippen LogP contribution >= 0.6 is 0 Å². The van der Waals surface area contributed by atoms with E-state index in [0.717, 1.165) is 11.1 Å². The summed E-state index contributed by atoms with van der Waals surface area (Å²) in [6.45, 7) is 7.84. The number of hydrogen-bond donors (Lipinski definition) is 1. The Kier molecular flexibility index (Phi) is 7.92. The highest BCUT2D eigenvalue weighted by Crippen LogP contribution is 2.32. The fraction of sp³-hybridized carbons (Fsp3) is 0.393. The molecular formula is C28H33FN4O4. The summed E-state index contributed by atoms with van der Waals surface area (Å²) in [4.78, 5) is 44.5. The topological polar surface area (TPSA) is 82.2 Å². The number of carbonyl (C=O) groups excluding carboxylic acids is 3. The van der Waals surface area contributed by atoms with Crippen LogP contribution in [0.5, 0.6) is 0 Å². The van der Waals surface area contributed by atoms with Crippen molar-refractivity contribution >= 4 is 17.9 Å². The van der Waals surface area contributed by atoms with Gasteiger partial charge in [-0.15, -0.1) is 0 Å². The molecule has 0 spiro atoms. The Morgan fingerprint density at radius 1 is 1.08 bits per heavy atom. The minimum Gasteiger partial charge on any atom is -0.463 e. The lowest BCUT2D eigenvalue weighted by Crippen LogP contribution is -2.56. The molecule has 9 heteroatoms. The number of rotatable bonds is 6. The lowest BCUT2D eigenvalue weighted by Gasteiger charge is -2.42. The summed E-state index contributed by atoms with van der Waals surface area (Å²) in [7, 11) is 1.65. The van der Waals surface area contributed by atoms with Crippen LogP contribution < -0.4 is 5.32 Å². The third-order valence-electron chi connectivity index (χ3n) is 6.92. The lowest BCUT2D eigenvalue weighted by molar-refractivity contribution is -0.139. The maximum absolute atomic E-state index is 13.3. The number of ether oxygens (including phenoxy) is 1. The van der Waals surface area contributed by atoms with Gasteiger partial charge >= 0.3 is 12.0 Å². The molecule has 3 amide bonds. The number of urea groups is 1. The van der Waals surface area contributed by atoms with E-state index in [1.807, 2.05) is 38.1 Å². The first-order chi connectivity index (χ1) is 17.7. The Hall–Kier alpha value is -3.72. The quantitative estimate of drug-likeness (QED) is 0.604. The minimum absolute atomic E-state index is 0.117. The molecule has 0 aromatic heterocycles. The van der Waals surface area contributed by atoms with Crippen molar-refractivity contribution in [1.82, 2.24) is 20.0 Å². The van der Waals surface area contributed by atoms with Gasteiger partial charge in [-0.2, -0.15) is 0 Å². The minimum atomic E-state index is -0.628. The van der Waals surface area contributed by atoms with Crippen molar-refractivity contribution in [2.75, 3.05) is 39.8 Å². The number of carbonyl (C=O) groups is 3. The van der Waals surface area contributed by atoms with Crippen molar-refractivity contribution in [2.24, 2.45) is 0 Å². The number of aryl methyl sites for hydroxylation is 1. The van der Waals surface area contributed by atoms with Crippen molar-refractivity contribution < 1.29 is 23.5 Å². The molecule has 2 aromatic rings. The predicted octanol–water partition coefficient (Wildman–Crippen LogP) is 3.49. The normalized spacial score (nSPS) is 20.6. The first-order valence-corrected chi connectivity index (χ1v) is 12.5. The van der Waals surface area contributed by atoms with Crippen molar-refractivity contribution in [3.05, 3.63) is 82.3 Å². The summed E-state index contributed by atoms with van der Waals surface area (Å²) >= 11 is 0. The average molecular weight is 509 g/mol. The second-order valence-electron chi connectivity index (χ2n) is 9.52. The summed E-state index contributed by atoms with van der Waals surface area (Å²) < 4.78 is 18.7. The Labute approximate surface area is 216 Å². The van der Waals surface area contributed by atoms with E-state index >= 15 is 0 Å². The van der Waals surface area contributed by atoms with Crippen LogP contribution in [0, 0.1) is 12.7 Å². The van der Waals surface area contributed by atoms with Crippen LogP contribution in [0.1, 0.15) is 41.4 Å². The van der Waals surface area contributed by atoms with Crippen molar-refractivity contribution in [1.29, 1.82) is 0 Å². The highest BCUT2D eigenvalue weighted by Gasteiger charge is 2.38. The number of esters is 1. The molecule has 37 heavy (non-hydrogen) atoms.